The molecule has 0 radical (unpaired) electrons. The molecule has 1 aliphatic heterocycles. The van der Waals surface area contributed by atoms with Gasteiger partial charge in [-0.1, -0.05) is 36.0 Å². The van der Waals surface area contributed by atoms with Crippen molar-refractivity contribution in [1.29, 1.82) is 0 Å². The lowest BCUT2D eigenvalue weighted by molar-refractivity contribution is 0.711. The Kier molecular flexibility index (Phi) is 3.02. The van der Waals surface area contributed by atoms with Crippen LogP contribution in [0.5, 0.6) is 0 Å². The molecule has 0 aliphatic carbocycles. The van der Waals surface area contributed by atoms with Gasteiger partial charge in [-0.3, -0.25) is 0 Å². The van der Waals surface area contributed by atoms with Gasteiger partial charge in [0.05, 0.1) is 11.4 Å². The van der Waals surface area contributed by atoms with Crippen LogP contribution in [0.15, 0.2) is 58.3 Å². The molecule has 0 saturated heterocycles. The maximum absolute atomic E-state index is 5.87. The van der Waals surface area contributed by atoms with Crippen molar-refractivity contribution in [2.45, 2.75) is 22.8 Å². The minimum Gasteiger partial charge on any atom is -0.336 e. The van der Waals surface area contributed by atoms with E-state index in [1.807, 2.05) is 11.8 Å². The second kappa shape index (κ2) is 4.67. The normalized spacial score (nSPS) is 14.9. The molecule has 0 aromatic heterocycles. The number of anilines is 2. The highest BCUT2D eigenvalue weighted by Gasteiger charge is 2.25. The summed E-state index contributed by atoms with van der Waals surface area (Å²) in [5.41, 5.74) is 8.39. The molecule has 2 aromatic rings. The Hall–Kier alpha value is -1.45. The Morgan fingerprint density at radius 1 is 1.00 bits per heavy atom. The minimum absolute atomic E-state index is 0.299. The van der Waals surface area contributed by atoms with Gasteiger partial charge in [0.2, 0.25) is 0 Å². The van der Waals surface area contributed by atoms with Crippen molar-refractivity contribution in [3.63, 3.8) is 0 Å². The molecule has 2 nitrogen and oxygen atoms in total. The first kappa shape index (κ1) is 11.6. The molecular formula is C15H16N2S. The predicted molar refractivity (Wildman–Crippen MR) is 77.7 cm³/mol. The lowest BCUT2D eigenvalue weighted by Gasteiger charge is -2.36. The highest BCUT2D eigenvalue weighted by Crippen LogP contribution is 2.48. The fraction of sp³-hybridized carbons (Fsp3) is 0.200. The molecule has 1 atom stereocenters. The number of nitrogens with zero attached hydrogens (tertiary/aromatic N) is 1. The average Bonchev–Trinajstić information content (AvgIpc) is 2.44. The molecule has 3 heteroatoms. The second-order valence-corrected chi connectivity index (χ2v) is 5.58. The quantitative estimate of drug-likeness (QED) is 0.889. The van der Waals surface area contributed by atoms with Gasteiger partial charge in [-0.15, -0.1) is 0 Å². The zero-order valence-electron chi connectivity index (χ0n) is 10.3. The SMILES string of the molecule is CC(CN)N1c2ccccc2Sc2ccccc21. The number of nitrogens with two attached hydrogens (primary N) is 1. The van der Waals surface area contributed by atoms with Crippen molar-refractivity contribution < 1.29 is 0 Å². The summed E-state index contributed by atoms with van der Waals surface area (Å²) in [7, 11) is 0. The van der Waals surface area contributed by atoms with E-state index in [-0.39, 0.29) is 0 Å². The number of rotatable bonds is 2. The van der Waals surface area contributed by atoms with Crippen molar-refractivity contribution in [2.75, 3.05) is 11.4 Å². The third-order valence-electron chi connectivity index (χ3n) is 3.25. The third kappa shape index (κ3) is 1.80. The number of para-hydroxylation sites is 2. The van der Waals surface area contributed by atoms with Gasteiger partial charge in [0.25, 0.3) is 0 Å². The van der Waals surface area contributed by atoms with Crippen molar-refractivity contribution in [3.05, 3.63) is 48.5 Å². The van der Waals surface area contributed by atoms with E-state index in [1.54, 1.807) is 0 Å². The zero-order valence-corrected chi connectivity index (χ0v) is 11.2. The number of fused-ring (bicyclic) bond motifs is 2. The Balaban J connectivity index is 2.17. The number of benzene rings is 2. The molecular weight excluding hydrogens is 240 g/mol. The van der Waals surface area contributed by atoms with Crippen LogP contribution in [0.4, 0.5) is 11.4 Å². The van der Waals surface area contributed by atoms with E-state index in [1.165, 1.54) is 21.2 Å². The first-order chi connectivity index (χ1) is 8.81. The standard InChI is InChI=1S/C15H16N2S/c1-11(10-16)17-12-6-2-4-8-14(12)18-15-9-5-3-7-13(15)17/h2-9,11H,10,16H2,1H3. The molecule has 0 bridgehead atoms. The maximum atomic E-state index is 5.87. The monoisotopic (exact) mass is 256 g/mol. The van der Waals surface area contributed by atoms with E-state index >= 15 is 0 Å². The summed E-state index contributed by atoms with van der Waals surface area (Å²) in [5, 5.41) is 0. The van der Waals surface area contributed by atoms with Gasteiger partial charge in [0.15, 0.2) is 0 Å². The molecule has 2 aromatic carbocycles. The van der Waals surface area contributed by atoms with Crippen molar-refractivity contribution in [3.8, 4) is 0 Å². The topological polar surface area (TPSA) is 29.3 Å². The van der Waals surface area contributed by atoms with Crippen LogP contribution < -0.4 is 10.6 Å². The molecule has 3 rings (SSSR count). The predicted octanol–water partition coefficient (Wildman–Crippen LogP) is 3.64. The molecule has 1 aliphatic rings. The van der Waals surface area contributed by atoms with Gasteiger partial charge in [-0.05, 0) is 31.2 Å². The van der Waals surface area contributed by atoms with Crippen LogP contribution in [0.3, 0.4) is 0 Å². The molecule has 1 heterocycles. The molecule has 2 N–H and O–H groups in total. The first-order valence-electron chi connectivity index (χ1n) is 6.16. The summed E-state index contributed by atoms with van der Waals surface area (Å²) in [5.74, 6) is 0. The minimum atomic E-state index is 0.299. The number of hydrogen-bond acceptors (Lipinski definition) is 3. The Bertz CT molecular complexity index is 522. The van der Waals surface area contributed by atoms with Crippen LogP contribution in [0.2, 0.25) is 0 Å². The molecule has 92 valence electrons. The van der Waals surface area contributed by atoms with Gasteiger partial charge in [0.1, 0.15) is 0 Å². The summed E-state index contributed by atoms with van der Waals surface area (Å²) in [6, 6.07) is 17.3. The lowest BCUT2D eigenvalue weighted by Crippen LogP contribution is -2.36. The van der Waals surface area contributed by atoms with Crippen LogP contribution in [0, 0.1) is 0 Å². The second-order valence-electron chi connectivity index (χ2n) is 4.49. The van der Waals surface area contributed by atoms with Gasteiger partial charge < -0.3 is 10.6 Å². The summed E-state index contributed by atoms with van der Waals surface area (Å²) in [6.07, 6.45) is 0. The summed E-state index contributed by atoms with van der Waals surface area (Å²) < 4.78 is 0. The summed E-state index contributed by atoms with van der Waals surface area (Å²) in [4.78, 5) is 4.95. The van der Waals surface area contributed by atoms with E-state index in [2.05, 4.69) is 60.4 Å². The van der Waals surface area contributed by atoms with E-state index in [9.17, 15) is 0 Å². The summed E-state index contributed by atoms with van der Waals surface area (Å²) >= 11 is 1.83. The molecule has 18 heavy (non-hydrogen) atoms. The van der Waals surface area contributed by atoms with Crippen LogP contribution in [0.1, 0.15) is 6.92 Å². The first-order valence-corrected chi connectivity index (χ1v) is 6.98. The maximum Gasteiger partial charge on any atom is 0.0555 e. The van der Waals surface area contributed by atoms with Gasteiger partial charge in [-0.2, -0.15) is 0 Å². The fourth-order valence-corrected chi connectivity index (χ4v) is 3.39. The van der Waals surface area contributed by atoms with Gasteiger partial charge >= 0.3 is 0 Å². The Morgan fingerprint density at radius 2 is 1.50 bits per heavy atom. The van der Waals surface area contributed by atoms with E-state index < -0.39 is 0 Å². The number of hydrogen-bond donors (Lipinski definition) is 1. The Labute approximate surface area is 112 Å². The van der Waals surface area contributed by atoms with E-state index in [0.29, 0.717) is 12.6 Å². The van der Waals surface area contributed by atoms with Crippen LogP contribution in [-0.4, -0.2) is 12.6 Å². The Morgan fingerprint density at radius 3 is 2.00 bits per heavy atom. The zero-order chi connectivity index (χ0) is 12.5. The van der Waals surface area contributed by atoms with Gasteiger partial charge in [0, 0.05) is 22.4 Å². The van der Waals surface area contributed by atoms with Crippen molar-refractivity contribution in [1.82, 2.24) is 0 Å². The third-order valence-corrected chi connectivity index (χ3v) is 4.38. The van der Waals surface area contributed by atoms with E-state index in [0.717, 1.165) is 0 Å². The van der Waals surface area contributed by atoms with Crippen molar-refractivity contribution >= 4 is 23.1 Å². The molecule has 1 unspecified atom stereocenters. The van der Waals surface area contributed by atoms with E-state index in [4.69, 9.17) is 5.73 Å². The van der Waals surface area contributed by atoms with Crippen LogP contribution in [0.25, 0.3) is 0 Å². The fourth-order valence-electron chi connectivity index (χ4n) is 2.31. The smallest absolute Gasteiger partial charge is 0.0555 e. The van der Waals surface area contributed by atoms with Crippen LogP contribution >= 0.6 is 11.8 Å². The van der Waals surface area contributed by atoms with Gasteiger partial charge in [-0.25, -0.2) is 0 Å². The highest BCUT2D eigenvalue weighted by molar-refractivity contribution is 7.99. The lowest BCUT2D eigenvalue weighted by atomic mass is 10.1. The molecule has 0 amide bonds. The molecule has 0 spiro atoms. The largest absolute Gasteiger partial charge is 0.336 e. The van der Waals surface area contributed by atoms with Crippen molar-refractivity contribution in [2.24, 2.45) is 5.73 Å². The average molecular weight is 256 g/mol. The van der Waals surface area contributed by atoms with Crippen LogP contribution in [-0.2, 0) is 0 Å². The summed E-state index contributed by atoms with van der Waals surface area (Å²) in [6.45, 7) is 2.82. The highest BCUT2D eigenvalue weighted by atomic mass is 32.2. The molecule has 0 fully saturated rings. The molecule has 0 saturated carbocycles.